The lowest BCUT2D eigenvalue weighted by Gasteiger charge is -2.13. The fourth-order valence-corrected chi connectivity index (χ4v) is 3.58. The van der Waals surface area contributed by atoms with Gasteiger partial charge in [-0.3, -0.25) is 5.32 Å². The van der Waals surface area contributed by atoms with E-state index in [4.69, 9.17) is 40.6 Å². The highest BCUT2D eigenvalue weighted by molar-refractivity contribution is 7.89. The molecule has 0 aliphatic heterocycles. The van der Waals surface area contributed by atoms with Crippen LogP contribution in [0.3, 0.4) is 0 Å². The second-order valence-corrected chi connectivity index (χ2v) is 8.10. The number of amides is 2. The number of hydrogen-bond donors (Lipinski definition) is 4. The molecule has 0 aliphatic rings. The average Bonchev–Trinajstić information content (AvgIpc) is 2.57. The minimum absolute atomic E-state index is 0.0108. The van der Waals surface area contributed by atoms with Gasteiger partial charge in [-0.05, 0) is 60.6 Å². The minimum atomic E-state index is -3.78. The smallest absolute Gasteiger partial charge is 0.325 e. The van der Waals surface area contributed by atoms with Crippen LogP contribution >= 0.6 is 35.4 Å². The molecular formula is C16H16Cl2N4O3S2. The number of primary sulfonamides is 1. The number of urea groups is 1. The number of carbonyl (C=O) groups excluding carboxylic acids is 1. The van der Waals surface area contributed by atoms with Gasteiger partial charge in [0.15, 0.2) is 5.11 Å². The Morgan fingerprint density at radius 1 is 1.11 bits per heavy atom. The Labute approximate surface area is 172 Å². The van der Waals surface area contributed by atoms with Crippen molar-refractivity contribution < 1.29 is 13.2 Å². The molecule has 5 N–H and O–H groups in total. The molecule has 11 heteroatoms. The molecule has 0 bridgehead atoms. The number of nitrogens with one attached hydrogen (secondary N) is 3. The van der Waals surface area contributed by atoms with Gasteiger partial charge in [-0.2, -0.15) is 0 Å². The van der Waals surface area contributed by atoms with Crippen LogP contribution in [-0.4, -0.2) is 19.6 Å². The number of benzene rings is 2. The second kappa shape index (κ2) is 8.85. The Hall–Kier alpha value is -1.91. The summed E-state index contributed by atoms with van der Waals surface area (Å²) in [7, 11) is -3.78. The molecule has 0 spiro atoms. The maximum absolute atomic E-state index is 12.1. The van der Waals surface area contributed by atoms with E-state index in [1.807, 2.05) is 6.92 Å². The number of rotatable bonds is 4. The zero-order chi connectivity index (χ0) is 20.2. The molecule has 2 aromatic carbocycles. The van der Waals surface area contributed by atoms with Gasteiger partial charge in [-0.25, -0.2) is 18.4 Å². The third kappa shape index (κ3) is 5.78. The van der Waals surface area contributed by atoms with Gasteiger partial charge in [0.05, 0.1) is 15.6 Å². The van der Waals surface area contributed by atoms with Gasteiger partial charge in [0.25, 0.3) is 0 Å². The molecule has 0 unspecified atom stereocenters. The topological polar surface area (TPSA) is 113 Å². The first-order valence-corrected chi connectivity index (χ1v) is 10.3. The van der Waals surface area contributed by atoms with Crippen molar-refractivity contribution in [3.05, 3.63) is 52.0 Å². The van der Waals surface area contributed by atoms with Gasteiger partial charge >= 0.3 is 6.03 Å². The fraction of sp³-hybridized carbons (Fsp3) is 0.125. The largest absolute Gasteiger partial charge is 0.332 e. The first kappa shape index (κ1) is 21.4. The molecule has 2 aromatic rings. The quantitative estimate of drug-likeness (QED) is 0.534. The molecule has 0 atom stereocenters. The van der Waals surface area contributed by atoms with Crippen molar-refractivity contribution in [2.24, 2.45) is 5.14 Å². The monoisotopic (exact) mass is 446 g/mol. The summed E-state index contributed by atoms with van der Waals surface area (Å²) in [5, 5.41) is 13.7. The van der Waals surface area contributed by atoms with E-state index in [1.165, 1.54) is 24.3 Å². The molecule has 144 valence electrons. The molecule has 0 saturated heterocycles. The van der Waals surface area contributed by atoms with E-state index in [9.17, 15) is 13.2 Å². The Bertz CT molecular complexity index is 980. The number of sulfonamides is 1. The van der Waals surface area contributed by atoms with E-state index >= 15 is 0 Å². The zero-order valence-electron chi connectivity index (χ0n) is 14.0. The predicted octanol–water partition coefficient (Wildman–Crippen LogP) is 3.72. The third-order valence-corrected chi connectivity index (χ3v) is 5.37. The van der Waals surface area contributed by atoms with Gasteiger partial charge < -0.3 is 10.6 Å². The van der Waals surface area contributed by atoms with E-state index in [0.717, 1.165) is 5.56 Å². The normalized spacial score (nSPS) is 11.0. The van der Waals surface area contributed by atoms with Crippen LogP contribution in [0.5, 0.6) is 0 Å². The Morgan fingerprint density at radius 3 is 2.30 bits per heavy atom. The summed E-state index contributed by atoms with van der Waals surface area (Å²) in [5.41, 5.74) is 1.60. The van der Waals surface area contributed by atoms with Crippen molar-refractivity contribution in [3.8, 4) is 0 Å². The molecule has 2 amide bonds. The van der Waals surface area contributed by atoms with Crippen LogP contribution in [0.15, 0.2) is 41.3 Å². The summed E-state index contributed by atoms with van der Waals surface area (Å²) in [6.45, 7) is 1.90. The molecule has 0 fully saturated rings. The van der Waals surface area contributed by atoms with E-state index in [2.05, 4.69) is 16.0 Å². The number of hydrogen-bond acceptors (Lipinski definition) is 4. The Morgan fingerprint density at radius 2 is 1.74 bits per heavy atom. The van der Waals surface area contributed by atoms with Crippen molar-refractivity contribution in [1.82, 2.24) is 5.32 Å². The maximum atomic E-state index is 12.1. The number of thiocarbonyl (C=S) groups is 1. The van der Waals surface area contributed by atoms with Gasteiger partial charge in [-0.15, -0.1) is 0 Å². The lowest BCUT2D eigenvalue weighted by molar-refractivity contribution is 0.256. The van der Waals surface area contributed by atoms with Crippen molar-refractivity contribution in [3.63, 3.8) is 0 Å². The lowest BCUT2D eigenvalue weighted by atomic mass is 10.1. The SMILES string of the molecule is CCc1c(Cl)ccc(NC(=O)NC(=S)Nc2ccc(S(N)(=O)=O)cc2)c1Cl. The second-order valence-electron chi connectivity index (χ2n) is 5.34. The molecule has 2 rings (SSSR count). The van der Waals surface area contributed by atoms with Crippen LogP contribution in [0.2, 0.25) is 10.0 Å². The average molecular weight is 447 g/mol. The number of nitrogens with two attached hydrogens (primary N) is 1. The van der Waals surface area contributed by atoms with Gasteiger partial charge in [-0.1, -0.05) is 30.1 Å². The van der Waals surface area contributed by atoms with Crippen LogP contribution in [0.25, 0.3) is 0 Å². The van der Waals surface area contributed by atoms with Crippen LogP contribution in [0.1, 0.15) is 12.5 Å². The third-order valence-electron chi connectivity index (χ3n) is 3.46. The lowest BCUT2D eigenvalue weighted by Crippen LogP contribution is -2.37. The molecule has 7 nitrogen and oxygen atoms in total. The fourth-order valence-electron chi connectivity index (χ4n) is 2.17. The standard InChI is InChI=1S/C16H16Cl2N4O3S2/c1-2-11-12(17)7-8-13(14(11)18)21-15(23)22-16(26)20-9-3-5-10(6-4-9)27(19,24)25/h3-8H,2H2,1H3,(H2,19,24,25)(H3,20,21,22,23,26). The predicted molar refractivity (Wildman–Crippen MR) is 112 cm³/mol. The highest BCUT2D eigenvalue weighted by Gasteiger charge is 2.13. The van der Waals surface area contributed by atoms with E-state index < -0.39 is 16.1 Å². The van der Waals surface area contributed by atoms with Crippen LogP contribution in [-0.2, 0) is 16.4 Å². The molecule has 0 radical (unpaired) electrons. The zero-order valence-corrected chi connectivity index (χ0v) is 17.2. The summed E-state index contributed by atoms with van der Waals surface area (Å²) in [5.74, 6) is 0. The molecule has 27 heavy (non-hydrogen) atoms. The van der Waals surface area contributed by atoms with E-state index in [-0.39, 0.29) is 10.0 Å². The van der Waals surface area contributed by atoms with Crippen LogP contribution in [0.4, 0.5) is 16.2 Å². The van der Waals surface area contributed by atoms with Gasteiger partial charge in [0.2, 0.25) is 10.0 Å². The van der Waals surface area contributed by atoms with Gasteiger partial charge in [0, 0.05) is 10.7 Å². The highest BCUT2D eigenvalue weighted by atomic mass is 35.5. The highest BCUT2D eigenvalue weighted by Crippen LogP contribution is 2.32. The summed E-state index contributed by atoms with van der Waals surface area (Å²) < 4.78 is 22.5. The molecule has 0 heterocycles. The summed E-state index contributed by atoms with van der Waals surface area (Å²) in [6, 6.07) is 8.21. The molecule has 0 aliphatic carbocycles. The van der Waals surface area contributed by atoms with Crippen molar-refractivity contribution >= 4 is 68.0 Å². The number of halogens is 2. The maximum Gasteiger partial charge on any atom is 0.325 e. The first-order chi connectivity index (χ1) is 12.6. The minimum Gasteiger partial charge on any atom is -0.332 e. The van der Waals surface area contributed by atoms with Crippen molar-refractivity contribution in [2.75, 3.05) is 10.6 Å². The Balaban J connectivity index is 1.99. The van der Waals surface area contributed by atoms with Crippen molar-refractivity contribution in [1.29, 1.82) is 0 Å². The van der Waals surface area contributed by atoms with Crippen molar-refractivity contribution in [2.45, 2.75) is 18.2 Å². The molecule has 0 aromatic heterocycles. The van der Waals surface area contributed by atoms with Gasteiger partial charge in [0.1, 0.15) is 0 Å². The summed E-state index contributed by atoms with van der Waals surface area (Å²) in [6.07, 6.45) is 0.614. The first-order valence-electron chi connectivity index (χ1n) is 7.60. The van der Waals surface area contributed by atoms with E-state index in [0.29, 0.717) is 27.8 Å². The van der Waals surface area contributed by atoms with Crippen LogP contribution < -0.4 is 21.1 Å². The Kier molecular flexibility index (Phi) is 7.01. The van der Waals surface area contributed by atoms with Crippen LogP contribution in [0, 0.1) is 0 Å². The number of anilines is 2. The summed E-state index contributed by atoms with van der Waals surface area (Å²) >= 11 is 17.4. The number of carbonyl (C=O) groups is 1. The van der Waals surface area contributed by atoms with E-state index in [1.54, 1.807) is 12.1 Å². The molecule has 0 saturated carbocycles. The molecular weight excluding hydrogens is 431 g/mol. The summed E-state index contributed by atoms with van der Waals surface area (Å²) in [4.78, 5) is 12.1.